The van der Waals surface area contributed by atoms with Gasteiger partial charge in [0.2, 0.25) is 0 Å². The number of carbonyl (C=O) groups excluding carboxylic acids is 1. The van der Waals surface area contributed by atoms with E-state index >= 15 is 0 Å². The van der Waals surface area contributed by atoms with Crippen LogP contribution in [0.25, 0.3) is 0 Å². The Morgan fingerprint density at radius 2 is 1.85 bits per heavy atom. The Hall–Kier alpha value is -2.03. The number of nitro benzene ring substituents is 1. The number of rotatable bonds is 8. The summed E-state index contributed by atoms with van der Waals surface area (Å²) in [5.41, 5.74) is 0.338. The summed E-state index contributed by atoms with van der Waals surface area (Å²) < 4.78 is 11.1. The lowest BCUT2D eigenvalue weighted by Crippen LogP contribution is -2.40. The van der Waals surface area contributed by atoms with Gasteiger partial charge in [0, 0.05) is 12.1 Å². The van der Waals surface area contributed by atoms with Crippen LogP contribution >= 0.6 is 0 Å². The standard InChI is InChI=1S/C19H29NO6Si/c1-7-25-18(22)16(12-13-26-27(5,6)19(2,3)4)17(21)14-8-10-15(11-9-14)20(23)24/h8-12,17,21H,7,13H2,1-6H3/b16-12+. The summed E-state index contributed by atoms with van der Waals surface area (Å²) >= 11 is 0. The lowest BCUT2D eigenvalue weighted by atomic mass is 10.0. The number of aliphatic hydroxyl groups is 1. The largest absolute Gasteiger partial charge is 0.463 e. The monoisotopic (exact) mass is 395 g/mol. The van der Waals surface area contributed by atoms with Crippen molar-refractivity contribution in [3.05, 3.63) is 51.6 Å². The number of hydrogen-bond acceptors (Lipinski definition) is 6. The number of carbonyl (C=O) groups is 1. The second kappa shape index (κ2) is 9.25. The normalized spacial score (nSPS) is 14.0. The van der Waals surface area contributed by atoms with Crippen molar-refractivity contribution < 1.29 is 24.0 Å². The van der Waals surface area contributed by atoms with Gasteiger partial charge in [-0.05, 0) is 48.8 Å². The average Bonchev–Trinajstić information content (AvgIpc) is 2.57. The van der Waals surface area contributed by atoms with E-state index < -0.39 is 25.3 Å². The van der Waals surface area contributed by atoms with Crippen LogP contribution in [0.15, 0.2) is 35.9 Å². The molecule has 7 nitrogen and oxygen atoms in total. The summed E-state index contributed by atoms with van der Waals surface area (Å²) in [4.78, 5) is 22.5. The minimum absolute atomic E-state index is 0.0158. The number of ether oxygens (including phenoxy) is 1. The topological polar surface area (TPSA) is 98.9 Å². The first-order valence-corrected chi connectivity index (χ1v) is 11.7. The SMILES string of the molecule is CCOC(=O)/C(=C/CO[Si](C)(C)C(C)(C)C)C(O)c1ccc([N+](=O)[O-])cc1. The van der Waals surface area contributed by atoms with Gasteiger partial charge in [0.15, 0.2) is 8.32 Å². The predicted octanol–water partition coefficient (Wildman–Crippen LogP) is 4.14. The second-order valence-corrected chi connectivity index (χ2v) is 12.5. The number of nitro groups is 1. The Morgan fingerprint density at radius 1 is 1.30 bits per heavy atom. The molecule has 0 saturated heterocycles. The van der Waals surface area contributed by atoms with Gasteiger partial charge < -0.3 is 14.3 Å². The molecule has 0 aliphatic rings. The average molecular weight is 396 g/mol. The van der Waals surface area contributed by atoms with Crippen molar-refractivity contribution >= 4 is 20.0 Å². The molecule has 0 heterocycles. The van der Waals surface area contributed by atoms with Gasteiger partial charge in [-0.1, -0.05) is 20.8 Å². The van der Waals surface area contributed by atoms with E-state index in [9.17, 15) is 20.0 Å². The zero-order valence-corrected chi connectivity index (χ0v) is 17.8. The number of aliphatic hydroxyl groups excluding tert-OH is 1. The van der Waals surface area contributed by atoms with Gasteiger partial charge in [0.05, 0.1) is 23.7 Å². The summed E-state index contributed by atoms with van der Waals surface area (Å²) in [6, 6.07) is 5.41. The molecular formula is C19H29NO6Si. The molecular weight excluding hydrogens is 366 g/mol. The number of non-ortho nitro benzene ring substituents is 1. The van der Waals surface area contributed by atoms with Gasteiger partial charge in [0.25, 0.3) is 5.69 Å². The molecule has 1 rings (SSSR count). The third-order valence-corrected chi connectivity index (χ3v) is 9.28. The molecule has 0 amide bonds. The van der Waals surface area contributed by atoms with Gasteiger partial charge >= 0.3 is 5.97 Å². The van der Waals surface area contributed by atoms with E-state index in [1.165, 1.54) is 30.3 Å². The van der Waals surface area contributed by atoms with Gasteiger partial charge in [-0.3, -0.25) is 10.1 Å². The van der Waals surface area contributed by atoms with Crippen molar-refractivity contribution in [2.75, 3.05) is 13.2 Å². The quantitative estimate of drug-likeness (QED) is 0.233. The molecule has 0 fully saturated rings. The van der Waals surface area contributed by atoms with E-state index in [4.69, 9.17) is 9.16 Å². The molecule has 1 atom stereocenters. The Kier molecular flexibility index (Phi) is 7.88. The Balaban J connectivity index is 3.06. The van der Waals surface area contributed by atoms with Crippen LogP contribution in [-0.4, -0.2) is 37.5 Å². The molecule has 0 spiro atoms. The fourth-order valence-corrected chi connectivity index (χ4v) is 2.97. The van der Waals surface area contributed by atoms with Crippen LogP contribution in [0.1, 0.15) is 39.4 Å². The van der Waals surface area contributed by atoms with Crippen molar-refractivity contribution in [1.82, 2.24) is 0 Å². The minimum Gasteiger partial charge on any atom is -0.463 e. The van der Waals surface area contributed by atoms with Crippen LogP contribution in [0, 0.1) is 10.1 Å². The fourth-order valence-electron chi connectivity index (χ4n) is 2.04. The molecule has 0 aliphatic heterocycles. The van der Waals surface area contributed by atoms with Gasteiger partial charge in [0.1, 0.15) is 6.10 Å². The zero-order valence-electron chi connectivity index (χ0n) is 16.8. The summed E-state index contributed by atoms with van der Waals surface area (Å²) in [6.45, 7) is 12.6. The molecule has 0 aliphatic carbocycles. The summed E-state index contributed by atoms with van der Waals surface area (Å²) in [5, 5.41) is 21.4. The first kappa shape index (κ1) is 23.0. The first-order valence-electron chi connectivity index (χ1n) is 8.84. The maximum atomic E-state index is 12.3. The summed E-state index contributed by atoms with van der Waals surface area (Å²) in [6.07, 6.45) is 0.276. The van der Waals surface area contributed by atoms with E-state index in [1.807, 2.05) is 0 Å². The number of benzene rings is 1. The highest BCUT2D eigenvalue weighted by atomic mass is 28.4. The molecule has 150 valence electrons. The Bertz CT molecular complexity index is 691. The van der Waals surface area contributed by atoms with E-state index in [1.54, 1.807) is 6.92 Å². The lowest BCUT2D eigenvalue weighted by molar-refractivity contribution is -0.384. The third-order valence-electron chi connectivity index (χ3n) is 4.78. The summed E-state index contributed by atoms with van der Waals surface area (Å²) in [5.74, 6) is -0.637. The molecule has 0 radical (unpaired) electrons. The maximum absolute atomic E-state index is 12.3. The van der Waals surface area contributed by atoms with E-state index in [2.05, 4.69) is 33.9 Å². The van der Waals surface area contributed by atoms with E-state index in [0.29, 0.717) is 5.56 Å². The number of nitrogens with zero attached hydrogens (tertiary/aromatic N) is 1. The van der Waals surface area contributed by atoms with Gasteiger partial charge in [-0.2, -0.15) is 0 Å². The Morgan fingerprint density at radius 3 is 2.30 bits per heavy atom. The third kappa shape index (κ3) is 6.26. The highest BCUT2D eigenvalue weighted by molar-refractivity contribution is 6.74. The second-order valence-electron chi connectivity index (χ2n) is 7.70. The molecule has 1 aromatic carbocycles. The summed E-state index contributed by atoms with van der Waals surface area (Å²) in [7, 11) is -2.01. The van der Waals surface area contributed by atoms with Crippen molar-refractivity contribution in [3.8, 4) is 0 Å². The van der Waals surface area contributed by atoms with Crippen molar-refractivity contribution in [3.63, 3.8) is 0 Å². The number of esters is 1. The molecule has 1 N–H and O–H groups in total. The smallest absolute Gasteiger partial charge is 0.336 e. The van der Waals surface area contributed by atoms with Crippen molar-refractivity contribution in [2.24, 2.45) is 0 Å². The fraction of sp³-hybridized carbons (Fsp3) is 0.526. The molecule has 0 saturated carbocycles. The van der Waals surface area contributed by atoms with E-state index in [0.717, 1.165) is 0 Å². The van der Waals surface area contributed by atoms with Gasteiger partial charge in [-0.25, -0.2) is 4.79 Å². The molecule has 1 unspecified atom stereocenters. The molecule has 0 bridgehead atoms. The van der Waals surface area contributed by atoms with E-state index in [-0.39, 0.29) is 29.5 Å². The van der Waals surface area contributed by atoms with Crippen molar-refractivity contribution in [2.45, 2.75) is 51.9 Å². The van der Waals surface area contributed by atoms with Crippen LogP contribution < -0.4 is 0 Å². The van der Waals surface area contributed by atoms with Crippen molar-refractivity contribution in [1.29, 1.82) is 0 Å². The molecule has 0 aromatic heterocycles. The van der Waals surface area contributed by atoms with Crippen LogP contribution in [-0.2, 0) is 14.0 Å². The van der Waals surface area contributed by atoms with Crippen LogP contribution in [0.4, 0.5) is 5.69 Å². The minimum atomic E-state index is -2.01. The molecule has 27 heavy (non-hydrogen) atoms. The van der Waals surface area contributed by atoms with Crippen LogP contribution in [0.5, 0.6) is 0 Å². The predicted molar refractivity (Wildman–Crippen MR) is 106 cm³/mol. The Labute approximate surface area is 161 Å². The number of hydrogen-bond donors (Lipinski definition) is 1. The molecule has 8 heteroatoms. The first-order chi connectivity index (χ1) is 12.4. The zero-order chi connectivity index (χ0) is 20.8. The maximum Gasteiger partial charge on any atom is 0.336 e. The van der Waals surface area contributed by atoms with Crippen LogP contribution in [0.2, 0.25) is 18.1 Å². The molecule has 1 aromatic rings. The highest BCUT2D eigenvalue weighted by Gasteiger charge is 2.37. The lowest BCUT2D eigenvalue weighted by Gasteiger charge is -2.35. The van der Waals surface area contributed by atoms with Gasteiger partial charge in [-0.15, -0.1) is 0 Å². The van der Waals surface area contributed by atoms with Crippen LogP contribution in [0.3, 0.4) is 0 Å². The highest BCUT2D eigenvalue weighted by Crippen LogP contribution is 2.36.